The number of hydrogen-bond acceptors (Lipinski definition) is 1. The maximum atomic E-state index is 13.3. The van der Waals surface area contributed by atoms with Gasteiger partial charge in [-0.1, -0.05) is 18.2 Å². The van der Waals surface area contributed by atoms with Gasteiger partial charge in [-0.15, -0.1) is 0 Å². The van der Waals surface area contributed by atoms with Crippen LogP contribution in [-0.4, -0.2) is 0 Å². The Balaban J connectivity index is 1.97. The van der Waals surface area contributed by atoms with E-state index in [2.05, 4.69) is 31.3 Å². The molecule has 1 nitrogen and oxygen atoms in total. The van der Waals surface area contributed by atoms with E-state index >= 15 is 0 Å². The fourth-order valence-electron chi connectivity index (χ4n) is 2.69. The normalized spacial score (nSPS) is 17.2. The molecule has 1 aliphatic rings. The molecular weight excluding hydrogens is 244 g/mol. The summed E-state index contributed by atoms with van der Waals surface area (Å²) in [5, 5.41) is 3.42. The topological polar surface area (TPSA) is 12.0 Å². The lowest BCUT2D eigenvalue weighted by Crippen LogP contribution is -2.06. The van der Waals surface area contributed by atoms with Gasteiger partial charge in [0, 0.05) is 5.69 Å². The number of nitrogens with one attached hydrogen (secondary N) is 1. The molecule has 0 aromatic heterocycles. The first-order valence-electron chi connectivity index (χ1n) is 6.37. The van der Waals surface area contributed by atoms with E-state index < -0.39 is 11.6 Å². The van der Waals surface area contributed by atoms with Gasteiger partial charge in [-0.05, 0) is 54.7 Å². The van der Waals surface area contributed by atoms with E-state index in [1.54, 1.807) is 6.07 Å². The van der Waals surface area contributed by atoms with Gasteiger partial charge in [0.25, 0.3) is 0 Å². The molecule has 1 aliphatic heterocycles. The van der Waals surface area contributed by atoms with Crippen molar-refractivity contribution in [1.82, 2.24) is 0 Å². The fourth-order valence-corrected chi connectivity index (χ4v) is 2.69. The second-order valence-corrected chi connectivity index (χ2v) is 5.13. The molecular formula is C16H15F2N. The molecule has 3 rings (SSSR count). The predicted molar refractivity (Wildman–Crippen MR) is 72.3 cm³/mol. The van der Waals surface area contributed by atoms with Crippen molar-refractivity contribution in [3.05, 3.63) is 64.2 Å². The summed E-state index contributed by atoms with van der Waals surface area (Å²) in [5.74, 6) is -1.59. The quantitative estimate of drug-likeness (QED) is 0.805. The number of benzene rings is 2. The summed E-state index contributed by atoms with van der Waals surface area (Å²) in [5.41, 5.74) is 5.61. The summed E-state index contributed by atoms with van der Waals surface area (Å²) < 4.78 is 26.3. The minimum absolute atomic E-state index is 0.0184. The summed E-state index contributed by atoms with van der Waals surface area (Å²) in [6.07, 6.45) is 0.813. The third kappa shape index (κ3) is 1.99. The number of anilines is 1. The number of halogens is 2. The Kier molecular flexibility index (Phi) is 2.77. The molecule has 1 unspecified atom stereocenters. The van der Waals surface area contributed by atoms with Crippen LogP contribution < -0.4 is 5.32 Å². The Hall–Kier alpha value is -1.90. The number of rotatable bonds is 1. The smallest absolute Gasteiger partial charge is 0.159 e. The van der Waals surface area contributed by atoms with Gasteiger partial charge in [0.1, 0.15) is 0 Å². The average molecular weight is 259 g/mol. The Morgan fingerprint density at radius 3 is 2.42 bits per heavy atom. The van der Waals surface area contributed by atoms with Gasteiger partial charge < -0.3 is 5.32 Å². The molecule has 2 aromatic carbocycles. The Labute approximate surface area is 111 Å². The maximum Gasteiger partial charge on any atom is 0.159 e. The zero-order chi connectivity index (χ0) is 13.6. The largest absolute Gasteiger partial charge is 0.377 e. The van der Waals surface area contributed by atoms with Gasteiger partial charge in [-0.3, -0.25) is 0 Å². The van der Waals surface area contributed by atoms with Crippen LogP contribution in [0.3, 0.4) is 0 Å². The zero-order valence-corrected chi connectivity index (χ0v) is 10.9. The Bertz CT molecular complexity index is 618. The average Bonchev–Trinajstić information content (AvgIpc) is 2.83. The van der Waals surface area contributed by atoms with Crippen LogP contribution in [0.2, 0.25) is 0 Å². The number of aryl methyl sites for hydroxylation is 2. The van der Waals surface area contributed by atoms with Crippen molar-refractivity contribution in [2.24, 2.45) is 0 Å². The number of fused-ring (bicyclic) bond motifs is 1. The molecule has 1 atom stereocenters. The lowest BCUT2D eigenvalue weighted by Gasteiger charge is -2.12. The molecule has 0 radical (unpaired) electrons. The van der Waals surface area contributed by atoms with E-state index in [4.69, 9.17) is 0 Å². The first-order valence-corrected chi connectivity index (χ1v) is 6.37. The monoisotopic (exact) mass is 259 g/mol. The molecule has 98 valence electrons. The van der Waals surface area contributed by atoms with Crippen LogP contribution >= 0.6 is 0 Å². The van der Waals surface area contributed by atoms with Gasteiger partial charge in [0.05, 0.1) is 6.04 Å². The zero-order valence-electron chi connectivity index (χ0n) is 10.9. The van der Waals surface area contributed by atoms with Crippen molar-refractivity contribution >= 4 is 5.69 Å². The highest BCUT2D eigenvalue weighted by Gasteiger charge is 2.25. The molecule has 19 heavy (non-hydrogen) atoms. The molecule has 0 saturated heterocycles. The molecule has 1 N–H and O–H groups in total. The summed E-state index contributed by atoms with van der Waals surface area (Å²) in [7, 11) is 0. The van der Waals surface area contributed by atoms with Crippen LogP contribution in [0.25, 0.3) is 0 Å². The molecule has 0 fully saturated rings. The first kappa shape index (κ1) is 12.2. The van der Waals surface area contributed by atoms with Gasteiger partial charge in [0.15, 0.2) is 11.6 Å². The fraction of sp³-hybridized carbons (Fsp3) is 0.250. The third-order valence-corrected chi connectivity index (χ3v) is 3.83. The lowest BCUT2D eigenvalue weighted by molar-refractivity contribution is 0.506. The van der Waals surface area contributed by atoms with E-state index in [0.717, 1.165) is 17.7 Å². The van der Waals surface area contributed by atoms with Crippen molar-refractivity contribution in [3.63, 3.8) is 0 Å². The summed E-state index contributed by atoms with van der Waals surface area (Å²) in [6, 6.07) is 8.31. The van der Waals surface area contributed by atoms with Crippen molar-refractivity contribution in [2.45, 2.75) is 26.3 Å². The molecule has 0 amide bonds. The predicted octanol–water partition coefficient (Wildman–Crippen LogP) is 4.29. The summed E-state index contributed by atoms with van der Waals surface area (Å²) >= 11 is 0. The molecule has 0 spiro atoms. The van der Waals surface area contributed by atoms with E-state index in [1.165, 1.54) is 28.8 Å². The van der Waals surface area contributed by atoms with Crippen molar-refractivity contribution in [3.8, 4) is 0 Å². The van der Waals surface area contributed by atoms with Crippen molar-refractivity contribution in [2.75, 3.05) is 5.32 Å². The molecule has 1 heterocycles. The van der Waals surface area contributed by atoms with Crippen LogP contribution in [0.15, 0.2) is 30.3 Å². The highest BCUT2D eigenvalue weighted by atomic mass is 19.2. The van der Waals surface area contributed by atoms with Crippen LogP contribution in [0, 0.1) is 25.5 Å². The second-order valence-electron chi connectivity index (χ2n) is 5.13. The summed E-state index contributed by atoms with van der Waals surface area (Å²) in [6.45, 7) is 4.13. The molecule has 0 bridgehead atoms. The van der Waals surface area contributed by atoms with Gasteiger partial charge >= 0.3 is 0 Å². The van der Waals surface area contributed by atoms with E-state index in [9.17, 15) is 8.78 Å². The minimum atomic E-state index is -0.799. The van der Waals surface area contributed by atoms with Crippen LogP contribution in [-0.2, 0) is 6.42 Å². The SMILES string of the molecule is Cc1ccc(C)c2c1CC(c1ccc(F)c(F)c1)N2. The second kappa shape index (κ2) is 4.34. The van der Waals surface area contributed by atoms with E-state index in [1.807, 2.05) is 0 Å². The van der Waals surface area contributed by atoms with Gasteiger partial charge in [-0.25, -0.2) is 8.78 Å². The van der Waals surface area contributed by atoms with Crippen LogP contribution in [0.1, 0.15) is 28.3 Å². The highest BCUT2D eigenvalue weighted by molar-refractivity contribution is 5.65. The van der Waals surface area contributed by atoms with Crippen molar-refractivity contribution in [1.29, 1.82) is 0 Å². The Morgan fingerprint density at radius 1 is 1.00 bits per heavy atom. The van der Waals surface area contributed by atoms with Gasteiger partial charge in [-0.2, -0.15) is 0 Å². The number of hydrogen-bond donors (Lipinski definition) is 1. The third-order valence-electron chi connectivity index (χ3n) is 3.83. The van der Waals surface area contributed by atoms with Crippen LogP contribution in [0.5, 0.6) is 0 Å². The Morgan fingerprint density at radius 2 is 1.74 bits per heavy atom. The standard InChI is InChI=1S/C16H15F2N/c1-9-3-4-10(2)16-12(9)8-15(19-16)11-5-6-13(17)14(18)7-11/h3-7,15,19H,8H2,1-2H3. The summed E-state index contributed by atoms with van der Waals surface area (Å²) in [4.78, 5) is 0. The molecule has 0 aliphatic carbocycles. The molecule has 2 aromatic rings. The lowest BCUT2D eigenvalue weighted by atomic mass is 9.98. The first-order chi connectivity index (χ1) is 9.06. The van der Waals surface area contributed by atoms with E-state index in [-0.39, 0.29) is 6.04 Å². The maximum absolute atomic E-state index is 13.3. The van der Waals surface area contributed by atoms with Gasteiger partial charge in [0.2, 0.25) is 0 Å². The van der Waals surface area contributed by atoms with E-state index in [0.29, 0.717) is 0 Å². The molecule has 0 saturated carbocycles. The van der Waals surface area contributed by atoms with Crippen molar-refractivity contribution < 1.29 is 8.78 Å². The minimum Gasteiger partial charge on any atom is -0.377 e. The highest BCUT2D eigenvalue weighted by Crippen LogP contribution is 2.38. The van der Waals surface area contributed by atoms with Crippen LogP contribution in [0.4, 0.5) is 14.5 Å². The molecule has 3 heteroatoms.